The van der Waals surface area contributed by atoms with Crippen LogP contribution in [-0.2, 0) is 16.6 Å². The van der Waals surface area contributed by atoms with Gasteiger partial charge in [-0.05, 0) is 26.2 Å². The van der Waals surface area contributed by atoms with E-state index >= 15 is 0 Å². The molecule has 1 atom stereocenters. The highest BCUT2D eigenvalue weighted by molar-refractivity contribution is 7.89. The molecule has 0 radical (unpaired) electrons. The van der Waals surface area contributed by atoms with E-state index in [0.717, 1.165) is 19.3 Å². The zero-order chi connectivity index (χ0) is 13.3. The molecule has 0 saturated carbocycles. The number of rotatable bonds is 4. The van der Waals surface area contributed by atoms with Gasteiger partial charge in [-0.3, -0.25) is 0 Å². The van der Waals surface area contributed by atoms with Crippen molar-refractivity contribution in [1.29, 1.82) is 0 Å². The van der Waals surface area contributed by atoms with Crippen LogP contribution >= 0.6 is 0 Å². The van der Waals surface area contributed by atoms with Gasteiger partial charge in [-0.2, -0.15) is 4.31 Å². The zero-order valence-electron chi connectivity index (χ0n) is 10.8. The first-order chi connectivity index (χ1) is 8.50. The van der Waals surface area contributed by atoms with Crippen LogP contribution < -0.4 is 5.73 Å². The number of aryl methyl sites for hydroxylation is 1. The zero-order valence-corrected chi connectivity index (χ0v) is 11.7. The fourth-order valence-corrected chi connectivity index (χ4v) is 4.50. The van der Waals surface area contributed by atoms with Crippen LogP contribution in [-0.4, -0.2) is 25.3 Å². The van der Waals surface area contributed by atoms with E-state index in [1.807, 2.05) is 6.92 Å². The van der Waals surface area contributed by atoms with Crippen LogP contribution in [0.2, 0.25) is 0 Å². The number of sulfonamides is 1. The first-order valence-corrected chi connectivity index (χ1v) is 7.76. The van der Waals surface area contributed by atoms with Gasteiger partial charge in [0.15, 0.2) is 0 Å². The Bertz CT molecular complexity index is 521. The number of furan rings is 1. The highest BCUT2D eigenvalue weighted by atomic mass is 32.2. The summed E-state index contributed by atoms with van der Waals surface area (Å²) in [6.07, 6.45) is 2.72. The van der Waals surface area contributed by atoms with Gasteiger partial charge in [0.1, 0.15) is 16.4 Å². The van der Waals surface area contributed by atoms with E-state index < -0.39 is 10.0 Å². The molecule has 1 saturated heterocycles. The third-order valence-corrected chi connectivity index (χ3v) is 5.56. The second-order valence-electron chi connectivity index (χ2n) is 4.66. The van der Waals surface area contributed by atoms with Gasteiger partial charge in [-0.15, -0.1) is 0 Å². The molecule has 102 valence electrons. The Labute approximate surface area is 108 Å². The van der Waals surface area contributed by atoms with Crippen molar-refractivity contribution < 1.29 is 12.8 Å². The average molecular weight is 272 g/mol. The van der Waals surface area contributed by atoms with Gasteiger partial charge in [0.25, 0.3) is 0 Å². The predicted octanol–water partition coefficient (Wildman–Crippen LogP) is 1.61. The van der Waals surface area contributed by atoms with Crippen LogP contribution in [0.1, 0.15) is 37.7 Å². The molecule has 5 nitrogen and oxygen atoms in total. The van der Waals surface area contributed by atoms with Gasteiger partial charge >= 0.3 is 0 Å². The van der Waals surface area contributed by atoms with Crippen molar-refractivity contribution in [2.45, 2.75) is 50.6 Å². The van der Waals surface area contributed by atoms with Gasteiger partial charge in [-0.1, -0.05) is 6.92 Å². The van der Waals surface area contributed by atoms with Crippen LogP contribution in [0.15, 0.2) is 15.4 Å². The third kappa shape index (κ3) is 2.20. The lowest BCUT2D eigenvalue weighted by atomic mass is 10.2. The predicted molar refractivity (Wildman–Crippen MR) is 68.5 cm³/mol. The Morgan fingerprint density at radius 2 is 2.28 bits per heavy atom. The molecule has 6 heteroatoms. The van der Waals surface area contributed by atoms with Crippen molar-refractivity contribution >= 4 is 10.0 Å². The molecule has 1 aromatic rings. The van der Waals surface area contributed by atoms with Crippen molar-refractivity contribution in [1.82, 2.24) is 4.31 Å². The summed E-state index contributed by atoms with van der Waals surface area (Å²) >= 11 is 0. The van der Waals surface area contributed by atoms with Crippen molar-refractivity contribution in [2.24, 2.45) is 5.73 Å². The Kier molecular flexibility index (Phi) is 3.79. The highest BCUT2D eigenvalue weighted by Gasteiger charge is 2.36. The maximum atomic E-state index is 12.6. The number of nitrogens with two attached hydrogens (primary N) is 1. The number of hydrogen-bond donors (Lipinski definition) is 1. The van der Waals surface area contributed by atoms with Crippen LogP contribution in [0.25, 0.3) is 0 Å². The summed E-state index contributed by atoms with van der Waals surface area (Å²) in [5.41, 5.74) is 5.48. The summed E-state index contributed by atoms with van der Waals surface area (Å²) in [6, 6.07) is 1.67. The summed E-state index contributed by atoms with van der Waals surface area (Å²) < 4.78 is 32.1. The van der Waals surface area contributed by atoms with E-state index in [9.17, 15) is 8.42 Å². The largest absolute Gasteiger partial charge is 0.464 e. The summed E-state index contributed by atoms with van der Waals surface area (Å²) in [7, 11) is -3.44. The Balaban J connectivity index is 2.38. The van der Waals surface area contributed by atoms with Crippen molar-refractivity contribution in [2.75, 3.05) is 6.54 Å². The topological polar surface area (TPSA) is 76.5 Å². The molecular formula is C12H20N2O3S. The van der Waals surface area contributed by atoms with Gasteiger partial charge in [-0.25, -0.2) is 8.42 Å². The second kappa shape index (κ2) is 5.03. The summed E-state index contributed by atoms with van der Waals surface area (Å²) in [5.74, 6) is 0.940. The monoisotopic (exact) mass is 272 g/mol. The van der Waals surface area contributed by atoms with Gasteiger partial charge in [0, 0.05) is 18.7 Å². The Hall–Kier alpha value is -0.850. The minimum atomic E-state index is -3.44. The molecule has 1 fully saturated rings. The van der Waals surface area contributed by atoms with Gasteiger partial charge in [0.05, 0.1) is 6.54 Å². The maximum Gasteiger partial charge on any atom is 0.246 e. The van der Waals surface area contributed by atoms with E-state index in [1.165, 1.54) is 0 Å². The quantitative estimate of drug-likeness (QED) is 0.903. The van der Waals surface area contributed by atoms with E-state index in [0.29, 0.717) is 18.1 Å². The molecule has 18 heavy (non-hydrogen) atoms. The molecule has 0 bridgehead atoms. The lowest BCUT2D eigenvalue weighted by molar-refractivity contribution is 0.378. The fourth-order valence-electron chi connectivity index (χ4n) is 2.54. The molecule has 2 rings (SSSR count). The number of hydrogen-bond acceptors (Lipinski definition) is 4. The molecule has 1 aromatic heterocycles. The third-order valence-electron chi connectivity index (χ3n) is 3.51. The molecule has 0 spiro atoms. The first kappa shape index (κ1) is 13.6. The van der Waals surface area contributed by atoms with Gasteiger partial charge in [0.2, 0.25) is 10.0 Å². The summed E-state index contributed by atoms with van der Waals surface area (Å²) in [5, 5.41) is 0. The standard InChI is InChI=1S/C12H20N2O3S/c1-3-10-5-4-6-14(10)18(15,16)12-7-11(8-13)17-9(12)2/h7,10H,3-6,8,13H2,1-2H3. The van der Waals surface area contributed by atoms with E-state index in [4.69, 9.17) is 10.2 Å². The fraction of sp³-hybridized carbons (Fsp3) is 0.667. The normalized spacial score (nSPS) is 21.6. The van der Waals surface area contributed by atoms with Crippen LogP contribution in [0, 0.1) is 6.92 Å². The van der Waals surface area contributed by atoms with Crippen LogP contribution in [0.4, 0.5) is 0 Å². The summed E-state index contributed by atoms with van der Waals surface area (Å²) in [4.78, 5) is 0.267. The molecule has 0 amide bonds. The number of nitrogens with zero attached hydrogens (tertiary/aromatic N) is 1. The second-order valence-corrected chi connectivity index (χ2v) is 6.52. The maximum absolute atomic E-state index is 12.6. The highest BCUT2D eigenvalue weighted by Crippen LogP contribution is 2.30. The van der Waals surface area contributed by atoms with Crippen LogP contribution in [0.5, 0.6) is 0 Å². The molecule has 1 unspecified atom stereocenters. The van der Waals surface area contributed by atoms with E-state index in [1.54, 1.807) is 17.3 Å². The van der Waals surface area contributed by atoms with Crippen molar-refractivity contribution in [3.63, 3.8) is 0 Å². The van der Waals surface area contributed by atoms with Crippen LogP contribution in [0.3, 0.4) is 0 Å². The lowest BCUT2D eigenvalue weighted by Gasteiger charge is -2.22. The molecule has 0 aliphatic carbocycles. The van der Waals surface area contributed by atoms with Crippen molar-refractivity contribution in [3.8, 4) is 0 Å². The van der Waals surface area contributed by atoms with Gasteiger partial charge < -0.3 is 10.2 Å². The Morgan fingerprint density at radius 1 is 1.56 bits per heavy atom. The SMILES string of the molecule is CCC1CCCN1S(=O)(=O)c1cc(CN)oc1C. The first-order valence-electron chi connectivity index (χ1n) is 6.32. The minimum absolute atomic E-state index is 0.116. The lowest BCUT2D eigenvalue weighted by Crippen LogP contribution is -2.35. The summed E-state index contributed by atoms with van der Waals surface area (Å²) in [6.45, 7) is 4.51. The minimum Gasteiger partial charge on any atom is -0.464 e. The molecular weight excluding hydrogens is 252 g/mol. The molecule has 1 aliphatic heterocycles. The molecule has 1 aliphatic rings. The van der Waals surface area contributed by atoms with Crippen molar-refractivity contribution in [3.05, 3.63) is 17.6 Å². The molecule has 0 aromatic carbocycles. The molecule has 2 N–H and O–H groups in total. The van der Waals surface area contributed by atoms with E-state index in [-0.39, 0.29) is 17.5 Å². The smallest absolute Gasteiger partial charge is 0.246 e. The Morgan fingerprint density at radius 3 is 2.83 bits per heavy atom. The van der Waals surface area contributed by atoms with E-state index in [2.05, 4.69) is 0 Å². The molecule has 2 heterocycles. The average Bonchev–Trinajstić information content (AvgIpc) is 2.94.